The van der Waals surface area contributed by atoms with Crippen LogP contribution in [0.3, 0.4) is 0 Å². The molecule has 2 aliphatic carbocycles. The number of nitrogens with one attached hydrogen (secondary N) is 2. The Balaban J connectivity index is 1.35. The number of fused-ring (bicyclic) bond motifs is 1. The van der Waals surface area contributed by atoms with Crippen molar-refractivity contribution in [2.75, 3.05) is 25.0 Å². The van der Waals surface area contributed by atoms with Gasteiger partial charge in [0.25, 0.3) is 0 Å². The summed E-state index contributed by atoms with van der Waals surface area (Å²) in [4.78, 5) is 9.58. The Morgan fingerprint density at radius 2 is 2.21 bits per heavy atom. The fourth-order valence-corrected chi connectivity index (χ4v) is 4.72. The van der Waals surface area contributed by atoms with Gasteiger partial charge in [0.1, 0.15) is 17.2 Å². The number of hydrogen-bond donors (Lipinski definition) is 2. The number of hydrogen-bond acceptors (Lipinski definition) is 5. The summed E-state index contributed by atoms with van der Waals surface area (Å²) in [6, 6.07) is 8.78. The molecule has 3 aromatic heterocycles. The molecule has 3 aromatic rings. The fraction of sp³-hybridized carbons (Fsp3) is 0.478. The largest absolute Gasteiger partial charge is 0.493 e. The van der Waals surface area contributed by atoms with Crippen molar-refractivity contribution in [2.45, 2.75) is 44.6 Å². The number of pyridine rings is 2. The van der Waals surface area contributed by atoms with E-state index in [0.717, 1.165) is 41.7 Å². The summed E-state index contributed by atoms with van der Waals surface area (Å²) in [6.07, 6.45) is 9.25. The molecule has 1 saturated heterocycles. The molecule has 29 heavy (non-hydrogen) atoms. The molecule has 3 fully saturated rings. The zero-order chi connectivity index (χ0) is 19.4. The molecule has 1 aliphatic heterocycles. The maximum atomic E-state index is 5.90. The van der Waals surface area contributed by atoms with Crippen LogP contribution in [0.1, 0.15) is 44.1 Å². The van der Waals surface area contributed by atoms with Gasteiger partial charge in [0.05, 0.1) is 24.2 Å². The van der Waals surface area contributed by atoms with Gasteiger partial charge >= 0.3 is 0 Å². The third-order valence-electron chi connectivity index (χ3n) is 6.75. The summed E-state index contributed by atoms with van der Waals surface area (Å²) in [5.41, 5.74) is 4.63. The van der Waals surface area contributed by atoms with Crippen LogP contribution in [-0.4, -0.2) is 40.1 Å². The van der Waals surface area contributed by atoms with Crippen molar-refractivity contribution >= 4 is 11.5 Å². The van der Waals surface area contributed by atoms with Gasteiger partial charge < -0.3 is 15.4 Å². The molecule has 2 N–H and O–H groups in total. The van der Waals surface area contributed by atoms with Gasteiger partial charge in [-0.1, -0.05) is 6.07 Å². The zero-order valence-corrected chi connectivity index (χ0v) is 16.8. The third kappa shape index (κ3) is 2.97. The molecule has 0 amide bonds. The Labute approximate surface area is 170 Å². The number of anilines is 1. The smallest absolute Gasteiger partial charge is 0.140 e. The highest BCUT2D eigenvalue weighted by Crippen LogP contribution is 2.51. The van der Waals surface area contributed by atoms with Crippen molar-refractivity contribution in [1.82, 2.24) is 19.7 Å². The average molecular weight is 390 g/mol. The van der Waals surface area contributed by atoms with E-state index in [4.69, 9.17) is 9.72 Å². The van der Waals surface area contributed by atoms with Gasteiger partial charge in [-0.3, -0.25) is 4.40 Å². The van der Waals surface area contributed by atoms with Gasteiger partial charge in [0.2, 0.25) is 0 Å². The normalized spacial score (nSPS) is 22.3. The SMILES string of the molecule is CCOc1cc2ncc(-c3cccc(NC4CNCC45CC5)n3)n2cc1C1CC1. The van der Waals surface area contributed by atoms with Crippen molar-refractivity contribution in [3.63, 3.8) is 0 Å². The van der Waals surface area contributed by atoms with E-state index in [1.165, 1.54) is 31.2 Å². The standard InChI is InChI=1S/C23H27N5O/c1-2-29-19-10-22-25-11-18(28(22)13-16(19)15-6-7-15)17-4-3-5-21(26-17)27-20-12-24-14-23(20)8-9-23/h3-5,10-11,13,15,20,24H,2,6-9,12,14H2,1H3,(H,26,27). The molecule has 3 aliphatic rings. The van der Waals surface area contributed by atoms with Crippen LogP contribution in [0.5, 0.6) is 5.75 Å². The van der Waals surface area contributed by atoms with Crippen LogP contribution in [0.25, 0.3) is 17.0 Å². The van der Waals surface area contributed by atoms with E-state index in [2.05, 4.69) is 50.5 Å². The third-order valence-corrected chi connectivity index (χ3v) is 6.75. The first-order chi connectivity index (χ1) is 14.3. The van der Waals surface area contributed by atoms with Gasteiger partial charge in [-0.25, -0.2) is 9.97 Å². The fourth-order valence-electron chi connectivity index (χ4n) is 4.72. The lowest BCUT2D eigenvalue weighted by atomic mass is 10.0. The average Bonchev–Trinajstić information content (AvgIpc) is 3.63. The Kier molecular flexibility index (Phi) is 3.85. The highest BCUT2D eigenvalue weighted by atomic mass is 16.5. The quantitative estimate of drug-likeness (QED) is 0.671. The maximum Gasteiger partial charge on any atom is 0.140 e. The number of imidazole rings is 1. The lowest BCUT2D eigenvalue weighted by Gasteiger charge is -2.19. The molecule has 1 spiro atoms. The van der Waals surface area contributed by atoms with Gasteiger partial charge in [-0.05, 0) is 50.7 Å². The topological polar surface area (TPSA) is 63.5 Å². The maximum absolute atomic E-state index is 5.90. The molecule has 6 rings (SSSR count). The highest BCUT2D eigenvalue weighted by molar-refractivity contribution is 5.64. The molecule has 1 atom stereocenters. The molecule has 6 nitrogen and oxygen atoms in total. The molecule has 4 heterocycles. The van der Waals surface area contributed by atoms with E-state index in [9.17, 15) is 0 Å². The predicted molar refractivity (Wildman–Crippen MR) is 114 cm³/mol. The molecule has 0 aromatic carbocycles. The Hall–Kier alpha value is -2.60. The second kappa shape index (κ2) is 6.46. The lowest BCUT2D eigenvalue weighted by Crippen LogP contribution is -2.29. The van der Waals surface area contributed by atoms with Crippen LogP contribution in [-0.2, 0) is 0 Å². The highest BCUT2D eigenvalue weighted by Gasteiger charge is 2.52. The van der Waals surface area contributed by atoms with Crippen LogP contribution in [0, 0.1) is 5.41 Å². The summed E-state index contributed by atoms with van der Waals surface area (Å²) in [5.74, 6) is 2.54. The summed E-state index contributed by atoms with van der Waals surface area (Å²) in [5, 5.41) is 7.22. The van der Waals surface area contributed by atoms with Crippen molar-refractivity contribution in [2.24, 2.45) is 5.41 Å². The molecule has 0 bridgehead atoms. The Bertz CT molecular complexity index is 1070. The first-order valence-electron chi connectivity index (χ1n) is 10.8. The van der Waals surface area contributed by atoms with E-state index in [0.29, 0.717) is 24.0 Å². The molecule has 1 unspecified atom stereocenters. The van der Waals surface area contributed by atoms with Crippen LogP contribution in [0.15, 0.2) is 36.7 Å². The molecular formula is C23H27N5O. The van der Waals surface area contributed by atoms with Crippen LogP contribution < -0.4 is 15.4 Å². The van der Waals surface area contributed by atoms with Crippen molar-refractivity contribution in [1.29, 1.82) is 0 Å². The zero-order valence-electron chi connectivity index (χ0n) is 16.8. The summed E-state index contributed by atoms with van der Waals surface area (Å²) < 4.78 is 8.06. The molecule has 150 valence electrons. The van der Waals surface area contributed by atoms with E-state index >= 15 is 0 Å². The molecule has 0 radical (unpaired) electrons. The number of aromatic nitrogens is 3. The van der Waals surface area contributed by atoms with E-state index in [1.807, 2.05) is 13.1 Å². The van der Waals surface area contributed by atoms with Gasteiger partial charge in [-0.15, -0.1) is 0 Å². The Morgan fingerprint density at radius 3 is 3.00 bits per heavy atom. The minimum absolute atomic E-state index is 0.454. The van der Waals surface area contributed by atoms with Crippen molar-refractivity contribution < 1.29 is 4.74 Å². The first kappa shape index (κ1) is 17.3. The van der Waals surface area contributed by atoms with E-state index in [-0.39, 0.29) is 0 Å². The second-order valence-electron chi connectivity index (χ2n) is 8.77. The van der Waals surface area contributed by atoms with Gasteiger partial charge in [0.15, 0.2) is 0 Å². The molecule has 6 heteroatoms. The van der Waals surface area contributed by atoms with E-state index < -0.39 is 0 Å². The lowest BCUT2D eigenvalue weighted by molar-refractivity contribution is 0.336. The first-order valence-corrected chi connectivity index (χ1v) is 10.8. The molecule has 2 saturated carbocycles. The van der Waals surface area contributed by atoms with Gasteiger partial charge in [0, 0.05) is 42.4 Å². The number of nitrogens with zero attached hydrogens (tertiary/aromatic N) is 3. The summed E-state index contributed by atoms with van der Waals surface area (Å²) in [7, 11) is 0. The minimum atomic E-state index is 0.454. The summed E-state index contributed by atoms with van der Waals surface area (Å²) in [6.45, 7) is 4.86. The minimum Gasteiger partial charge on any atom is -0.493 e. The second-order valence-corrected chi connectivity index (χ2v) is 8.77. The number of ether oxygens (including phenoxy) is 1. The van der Waals surface area contributed by atoms with Crippen molar-refractivity contribution in [3.05, 3.63) is 42.2 Å². The summed E-state index contributed by atoms with van der Waals surface area (Å²) >= 11 is 0. The van der Waals surface area contributed by atoms with Crippen LogP contribution >= 0.6 is 0 Å². The van der Waals surface area contributed by atoms with Crippen LogP contribution in [0.2, 0.25) is 0 Å². The van der Waals surface area contributed by atoms with E-state index in [1.54, 1.807) is 0 Å². The Morgan fingerprint density at radius 1 is 1.31 bits per heavy atom. The monoisotopic (exact) mass is 389 g/mol. The van der Waals surface area contributed by atoms with Gasteiger partial charge in [-0.2, -0.15) is 0 Å². The molecular weight excluding hydrogens is 362 g/mol. The number of rotatable bonds is 6. The predicted octanol–water partition coefficient (Wildman–Crippen LogP) is 3.84. The van der Waals surface area contributed by atoms with Crippen molar-refractivity contribution in [3.8, 4) is 17.1 Å². The van der Waals surface area contributed by atoms with Crippen LogP contribution in [0.4, 0.5) is 5.82 Å².